The second kappa shape index (κ2) is 10.4. The van der Waals surface area contributed by atoms with Gasteiger partial charge in [0.15, 0.2) is 11.0 Å². The highest BCUT2D eigenvalue weighted by Crippen LogP contribution is 2.24. The molecule has 0 fully saturated rings. The van der Waals surface area contributed by atoms with Gasteiger partial charge >= 0.3 is 0 Å². The number of pyridine rings is 1. The lowest BCUT2D eigenvalue weighted by atomic mass is 10.2. The molecule has 2 heterocycles. The Bertz CT molecular complexity index is 945. The lowest BCUT2D eigenvalue weighted by Gasteiger charge is -2.07. The summed E-state index contributed by atoms with van der Waals surface area (Å²) in [6, 6.07) is 11.4. The van der Waals surface area contributed by atoms with Gasteiger partial charge in [0.25, 0.3) is 0 Å². The van der Waals surface area contributed by atoms with E-state index in [9.17, 15) is 4.79 Å². The van der Waals surface area contributed by atoms with Crippen molar-refractivity contribution in [3.05, 3.63) is 47.1 Å². The molecule has 0 aliphatic heterocycles. The Morgan fingerprint density at radius 3 is 2.69 bits per heavy atom. The van der Waals surface area contributed by atoms with E-state index in [0.717, 1.165) is 41.1 Å². The van der Waals surface area contributed by atoms with Crippen molar-refractivity contribution in [3.63, 3.8) is 0 Å². The van der Waals surface area contributed by atoms with E-state index in [1.165, 1.54) is 11.8 Å². The predicted molar refractivity (Wildman–Crippen MR) is 118 cm³/mol. The van der Waals surface area contributed by atoms with Crippen molar-refractivity contribution in [1.29, 1.82) is 0 Å². The average Bonchev–Trinajstić information content (AvgIpc) is 3.09. The van der Waals surface area contributed by atoms with Gasteiger partial charge in [-0.1, -0.05) is 25.1 Å². The fourth-order valence-electron chi connectivity index (χ4n) is 2.49. The molecule has 0 aliphatic rings. The molecule has 152 valence electrons. The maximum atomic E-state index is 12.1. The summed E-state index contributed by atoms with van der Waals surface area (Å²) < 4.78 is 8.43. The lowest BCUT2D eigenvalue weighted by Crippen LogP contribution is -2.15. The molecule has 1 amide bonds. The van der Waals surface area contributed by atoms with Gasteiger partial charge in [-0.3, -0.25) is 4.79 Å². The van der Waals surface area contributed by atoms with Crippen LogP contribution in [0.5, 0.6) is 5.75 Å². The minimum absolute atomic E-state index is 0.150. The topological polar surface area (TPSA) is 81.9 Å². The number of amides is 1. The molecule has 0 aliphatic carbocycles. The van der Waals surface area contributed by atoms with Crippen LogP contribution in [0.1, 0.15) is 19.8 Å². The smallest absolute Gasteiger partial charge is 0.236 e. The fraction of sp³-hybridized carbons (Fsp3) is 0.300. The third-order valence-electron chi connectivity index (χ3n) is 4.04. The summed E-state index contributed by atoms with van der Waals surface area (Å²) in [5, 5.41) is 11.9. The molecule has 1 aromatic carbocycles. The summed E-state index contributed by atoms with van der Waals surface area (Å²) >= 11 is 4.64. The van der Waals surface area contributed by atoms with Crippen LogP contribution in [0.25, 0.3) is 11.4 Å². The number of benzene rings is 1. The first-order valence-corrected chi connectivity index (χ1v) is 11.0. The van der Waals surface area contributed by atoms with Gasteiger partial charge in [-0.15, -0.1) is 10.2 Å². The molecule has 0 spiro atoms. The summed E-state index contributed by atoms with van der Waals surface area (Å²) in [7, 11) is 1.89. The molecule has 0 unspecified atom stereocenters. The van der Waals surface area contributed by atoms with Gasteiger partial charge in [0.1, 0.15) is 11.6 Å². The summed E-state index contributed by atoms with van der Waals surface area (Å²) in [4.78, 5) is 16.3. The van der Waals surface area contributed by atoms with E-state index >= 15 is 0 Å². The standard InChI is InChI=1S/C20H22BrN5O2S/c1-3-4-11-28-16-8-5-14(6-9-16)19-24-25-20(26(19)2)29-13-18(27)23-17-10-7-15(21)12-22-17/h5-10,12H,3-4,11,13H2,1-2H3,(H,22,23,27). The van der Waals surface area contributed by atoms with Crippen LogP contribution in [0.4, 0.5) is 5.82 Å². The number of hydrogen-bond acceptors (Lipinski definition) is 6. The van der Waals surface area contributed by atoms with Crippen LogP contribution in [0.15, 0.2) is 52.2 Å². The Kier molecular flexibility index (Phi) is 7.65. The SMILES string of the molecule is CCCCOc1ccc(-c2nnc(SCC(=O)Nc3ccc(Br)cn3)n2C)cc1. The number of carbonyl (C=O) groups excluding carboxylic acids is 1. The van der Waals surface area contributed by atoms with Crippen LogP contribution < -0.4 is 10.1 Å². The van der Waals surface area contributed by atoms with Gasteiger partial charge < -0.3 is 14.6 Å². The van der Waals surface area contributed by atoms with E-state index < -0.39 is 0 Å². The zero-order valence-electron chi connectivity index (χ0n) is 16.3. The molecule has 3 aromatic rings. The van der Waals surface area contributed by atoms with Gasteiger partial charge in [-0.2, -0.15) is 0 Å². The van der Waals surface area contributed by atoms with Gasteiger partial charge in [-0.25, -0.2) is 4.98 Å². The van der Waals surface area contributed by atoms with Crippen molar-refractivity contribution in [1.82, 2.24) is 19.7 Å². The number of aromatic nitrogens is 4. The predicted octanol–water partition coefficient (Wildman–Crippen LogP) is 4.55. The van der Waals surface area contributed by atoms with E-state index in [-0.39, 0.29) is 11.7 Å². The molecule has 0 saturated heterocycles. The molecule has 1 N–H and O–H groups in total. The van der Waals surface area contributed by atoms with Gasteiger partial charge in [0.05, 0.1) is 12.4 Å². The number of hydrogen-bond donors (Lipinski definition) is 1. The fourth-order valence-corrected chi connectivity index (χ4v) is 3.43. The lowest BCUT2D eigenvalue weighted by molar-refractivity contribution is -0.113. The molecular weight excluding hydrogens is 454 g/mol. The third-order valence-corrected chi connectivity index (χ3v) is 5.53. The maximum Gasteiger partial charge on any atom is 0.236 e. The molecule has 0 bridgehead atoms. The highest BCUT2D eigenvalue weighted by Gasteiger charge is 2.13. The highest BCUT2D eigenvalue weighted by atomic mass is 79.9. The molecule has 0 saturated carbocycles. The van der Waals surface area contributed by atoms with Gasteiger partial charge in [0, 0.05) is 23.3 Å². The number of nitrogens with zero attached hydrogens (tertiary/aromatic N) is 4. The number of rotatable bonds is 9. The van der Waals surface area contributed by atoms with Crippen molar-refractivity contribution < 1.29 is 9.53 Å². The van der Waals surface area contributed by atoms with Gasteiger partial charge in [0.2, 0.25) is 5.91 Å². The van der Waals surface area contributed by atoms with Crippen LogP contribution in [0.3, 0.4) is 0 Å². The van der Waals surface area contributed by atoms with Crippen LogP contribution in [-0.2, 0) is 11.8 Å². The Hall–Kier alpha value is -2.39. The van der Waals surface area contributed by atoms with Crippen molar-refractivity contribution >= 4 is 39.4 Å². The zero-order valence-corrected chi connectivity index (χ0v) is 18.7. The third kappa shape index (κ3) is 6.04. The zero-order chi connectivity index (χ0) is 20.6. The monoisotopic (exact) mass is 475 g/mol. The average molecular weight is 476 g/mol. The first kappa shape index (κ1) is 21.3. The minimum atomic E-state index is -0.150. The molecule has 7 nitrogen and oxygen atoms in total. The number of halogens is 1. The second-order valence-corrected chi connectivity index (χ2v) is 8.15. The highest BCUT2D eigenvalue weighted by molar-refractivity contribution is 9.10. The van der Waals surface area contributed by atoms with Crippen molar-refractivity contribution in [3.8, 4) is 17.1 Å². The molecule has 9 heteroatoms. The van der Waals surface area contributed by atoms with E-state index in [4.69, 9.17) is 4.74 Å². The molecule has 29 heavy (non-hydrogen) atoms. The van der Waals surface area contributed by atoms with Crippen LogP contribution >= 0.6 is 27.7 Å². The molecule has 0 atom stereocenters. The first-order valence-electron chi connectivity index (χ1n) is 9.23. The summed E-state index contributed by atoms with van der Waals surface area (Å²) in [6.07, 6.45) is 3.78. The summed E-state index contributed by atoms with van der Waals surface area (Å²) in [6.45, 7) is 2.86. The molecule has 0 radical (unpaired) electrons. The normalized spacial score (nSPS) is 10.7. The van der Waals surface area contributed by atoms with E-state index in [1.807, 2.05) is 41.9 Å². The Morgan fingerprint density at radius 1 is 1.21 bits per heavy atom. The summed E-state index contributed by atoms with van der Waals surface area (Å²) in [5.74, 6) is 2.16. The number of carbonyl (C=O) groups is 1. The molecular formula is C20H22BrN5O2S. The number of unbranched alkanes of at least 4 members (excludes halogenated alkanes) is 1. The van der Waals surface area contributed by atoms with Crippen LogP contribution in [0, 0.1) is 0 Å². The maximum absolute atomic E-state index is 12.1. The van der Waals surface area contributed by atoms with Crippen LogP contribution in [0.2, 0.25) is 0 Å². The van der Waals surface area contributed by atoms with E-state index in [1.54, 1.807) is 12.3 Å². The van der Waals surface area contributed by atoms with E-state index in [0.29, 0.717) is 11.0 Å². The number of ether oxygens (including phenoxy) is 1. The quantitative estimate of drug-likeness (QED) is 0.361. The van der Waals surface area contributed by atoms with Crippen molar-refractivity contribution in [2.24, 2.45) is 7.05 Å². The number of thioether (sulfide) groups is 1. The second-order valence-electron chi connectivity index (χ2n) is 6.29. The van der Waals surface area contributed by atoms with Crippen LogP contribution in [-0.4, -0.2) is 38.0 Å². The van der Waals surface area contributed by atoms with Crippen molar-refractivity contribution in [2.45, 2.75) is 24.9 Å². The first-order chi connectivity index (χ1) is 14.1. The van der Waals surface area contributed by atoms with Crippen molar-refractivity contribution in [2.75, 3.05) is 17.7 Å². The number of nitrogens with one attached hydrogen (secondary N) is 1. The minimum Gasteiger partial charge on any atom is -0.494 e. The summed E-state index contributed by atoms with van der Waals surface area (Å²) in [5.41, 5.74) is 0.943. The Labute approximate surface area is 182 Å². The Balaban J connectivity index is 1.57. The molecule has 3 rings (SSSR count). The van der Waals surface area contributed by atoms with E-state index in [2.05, 4.69) is 43.4 Å². The van der Waals surface area contributed by atoms with Gasteiger partial charge in [-0.05, 0) is 58.7 Å². The number of anilines is 1. The largest absolute Gasteiger partial charge is 0.494 e. The Morgan fingerprint density at radius 2 is 2.00 bits per heavy atom. The molecule has 2 aromatic heterocycles.